The van der Waals surface area contributed by atoms with E-state index in [1.165, 1.54) is 0 Å². The third-order valence-corrected chi connectivity index (χ3v) is 6.58. The third-order valence-electron chi connectivity index (χ3n) is 5.33. The van der Waals surface area contributed by atoms with Gasteiger partial charge in [0.2, 0.25) is 5.91 Å². The van der Waals surface area contributed by atoms with Crippen LogP contribution in [0.3, 0.4) is 0 Å². The second kappa shape index (κ2) is 9.05. The quantitative estimate of drug-likeness (QED) is 0.715. The molecule has 0 atom stereocenters. The second-order valence-corrected chi connectivity index (χ2v) is 8.58. The lowest BCUT2D eigenvalue weighted by Gasteiger charge is -2.33. The molecule has 148 valence electrons. The standard InChI is InChI=1S/C19H24ClN3O2S.ClH/c1-13-11-15(20)12-16-17(13)21-19(26-16)23(18(24)14-3-2-4-14)6-5-22-7-9-25-10-8-22;/h11-12,14H,2-10H2,1H3;1H. The summed E-state index contributed by atoms with van der Waals surface area (Å²) in [6.45, 7) is 6.97. The van der Waals surface area contributed by atoms with Gasteiger partial charge in [-0.25, -0.2) is 4.98 Å². The van der Waals surface area contributed by atoms with Crippen molar-refractivity contribution in [3.05, 3.63) is 22.7 Å². The van der Waals surface area contributed by atoms with Crippen LogP contribution in [0.5, 0.6) is 0 Å². The van der Waals surface area contributed by atoms with Crippen molar-refractivity contribution in [2.45, 2.75) is 26.2 Å². The van der Waals surface area contributed by atoms with Gasteiger partial charge in [-0.05, 0) is 37.5 Å². The maximum Gasteiger partial charge on any atom is 0.231 e. The third kappa shape index (κ3) is 4.57. The van der Waals surface area contributed by atoms with Crippen molar-refractivity contribution in [1.82, 2.24) is 9.88 Å². The highest BCUT2D eigenvalue weighted by molar-refractivity contribution is 7.22. The maximum atomic E-state index is 13.1. The highest BCUT2D eigenvalue weighted by Crippen LogP contribution is 2.36. The van der Waals surface area contributed by atoms with E-state index in [1.54, 1.807) is 11.3 Å². The Morgan fingerprint density at radius 2 is 2.11 bits per heavy atom. The minimum atomic E-state index is 0. The van der Waals surface area contributed by atoms with Gasteiger partial charge in [-0.15, -0.1) is 12.4 Å². The molecule has 1 aromatic heterocycles. The molecule has 1 saturated heterocycles. The van der Waals surface area contributed by atoms with Crippen LogP contribution >= 0.6 is 35.3 Å². The van der Waals surface area contributed by atoms with Crippen molar-refractivity contribution in [2.75, 3.05) is 44.3 Å². The minimum absolute atomic E-state index is 0. The number of halogens is 2. The number of anilines is 1. The van der Waals surface area contributed by atoms with E-state index in [1.807, 2.05) is 24.0 Å². The van der Waals surface area contributed by atoms with E-state index in [0.717, 1.165) is 78.0 Å². The Hall–Kier alpha value is -0.920. The number of rotatable bonds is 5. The fraction of sp³-hybridized carbons (Fsp3) is 0.579. The predicted octanol–water partition coefficient (Wildman–Crippen LogP) is 4.15. The Morgan fingerprint density at radius 1 is 1.37 bits per heavy atom. The molecular formula is C19H25Cl2N3O2S. The Kier molecular flexibility index (Phi) is 6.98. The van der Waals surface area contributed by atoms with Crippen LogP contribution in [-0.4, -0.2) is 55.2 Å². The molecule has 0 radical (unpaired) electrons. The molecular weight excluding hydrogens is 405 g/mol. The monoisotopic (exact) mass is 429 g/mol. The number of aromatic nitrogens is 1. The fourth-order valence-corrected chi connectivity index (χ4v) is 4.95. The van der Waals surface area contributed by atoms with E-state index in [0.29, 0.717) is 6.54 Å². The number of hydrogen-bond acceptors (Lipinski definition) is 5. The maximum absolute atomic E-state index is 13.1. The summed E-state index contributed by atoms with van der Waals surface area (Å²) in [7, 11) is 0. The molecule has 0 unspecified atom stereocenters. The molecule has 2 fully saturated rings. The number of hydrogen-bond donors (Lipinski definition) is 0. The SMILES string of the molecule is Cc1cc(Cl)cc2sc(N(CCN3CCOCC3)C(=O)C3CCC3)nc12.Cl. The Labute approximate surface area is 175 Å². The first-order valence-electron chi connectivity index (χ1n) is 9.30. The Bertz CT molecular complexity index is 804. The molecule has 1 aromatic carbocycles. The van der Waals surface area contributed by atoms with Gasteiger partial charge in [0.25, 0.3) is 0 Å². The van der Waals surface area contributed by atoms with E-state index in [-0.39, 0.29) is 24.2 Å². The molecule has 0 spiro atoms. The van der Waals surface area contributed by atoms with Gasteiger partial charge in [-0.3, -0.25) is 14.6 Å². The number of carbonyl (C=O) groups is 1. The first kappa shape index (κ1) is 20.8. The molecule has 1 aliphatic heterocycles. The van der Waals surface area contributed by atoms with E-state index in [9.17, 15) is 4.79 Å². The molecule has 5 nitrogen and oxygen atoms in total. The largest absolute Gasteiger partial charge is 0.379 e. The fourth-order valence-electron chi connectivity index (χ4n) is 3.50. The lowest BCUT2D eigenvalue weighted by atomic mass is 9.84. The average molecular weight is 430 g/mol. The lowest BCUT2D eigenvalue weighted by Crippen LogP contribution is -2.45. The Balaban J connectivity index is 0.00000210. The number of amides is 1. The number of benzene rings is 1. The summed E-state index contributed by atoms with van der Waals surface area (Å²) < 4.78 is 6.47. The topological polar surface area (TPSA) is 45.7 Å². The highest BCUT2D eigenvalue weighted by atomic mass is 35.5. The van der Waals surface area contributed by atoms with Crippen molar-refractivity contribution >= 4 is 56.6 Å². The summed E-state index contributed by atoms with van der Waals surface area (Å²) in [6, 6.07) is 3.87. The molecule has 1 amide bonds. The molecule has 27 heavy (non-hydrogen) atoms. The van der Waals surface area contributed by atoms with Crippen LogP contribution in [-0.2, 0) is 9.53 Å². The van der Waals surface area contributed by atoms with Crippen LogP contribution in [0.15, 0.2) is 12.1 Å². The number of morpholine rings is 1. The van der Waals surface area contributed by atoms with Crippen molar-refractivity contribution < 1.29 is 9.53 Å². The van der Waals surface area contributed by atoms with E-state index < -0.39 is 0 Å². The van der Waals surface area contributed by atoms with Crippen LogP contribution in [0, 0.1) is 12.8 Å². The zero-order valence-corrected chi connectivity index (χ0v) is 17.8. The van der Waals surface area contributed by atoms with Crippen LogP contribution in [0.2, 0.25) is 5.02 Å². The number of thiazole rings is 1. The molecule has 2 heterocycles. The van der Waals surface area contributed by atoms with Crippen molar-refractivity contribution in [3.8, 4) is 0 Å². The van der Waals surface area contributed by atoms with Gasteiger partial charge in [0.15, 0.2) is 5.13 Å². The average Bonchev–Trinajstić information content (AvgIpc) is 2.98. The van der Waals surface area contributed by atoms with Gasteiger partial charge in [0, 0.05) is 37.1 Å². The lowest BCUT2D eigenvalue weighted by molar-refractivity contribution is -0.124. The molecule has 1 saturated carbocycles. The van der Waals surface area contributed by atoms with Crippen LogP contribution in [0.25, 0.3) is 10.2 Å². The molecule has 2 aromatic rings. The van der Waals surface area contributed by atoms with Crippen LogP contribution in [0.1, 0.15) is 24.8 Å². The van der Waals surface area contributed by atoms with Crippen molar-refractivity contribution in [1.29, 1.82) is 0 Å². The molecule has 1 aliphatic carbocycles. The number of nitrogens with zero attached hydrogens (tertiary/aromatic N) is 3. The molecule has 4 rings (SSSR count). The first-order chi connectivity index (χ1) is 12.6. The van der Waals surface area contributed by atoms with Crippen molar-refractivity contribution in [2.24, 2.45) is 5.92 Å². The minimum Gasteiger partial charge on any atom is -0.379 e. The summed E-state index contributed by atoms with van der Waals surface area (Å²) in [5.41, 5.74) is 2.01. The molecule has 2 aliphatic rings. The first-order valence-corrected chi connectivity index (χ1v) is 10.5. The van der Waals surface area contributed by atoms with Crippen molar-refractivity contribution in [3.63, 3.8) is 0 Å². The van der Waals surface area contributed by atoms with Gasteiger partial charge in [0.1, 0.15) is 0 Å². The number of aryl methyl sites for hydroxylation is 1. The smallest absolute Gasteiger partial charge is 0.231 e. The zero-order chi connectivity index (χ0) is 18.1. The van der Waals surface area contributed by atoms with Gasteiger partial charge in [-0.1, -0.05) is 29.4 Å². The number of carbonyl (C=O) groups excluding carboxylic acids is 1. The second-order valence-electron chi connectivity index (χ2n) is 7.14. The summed E-state index contributed by atoms with van der Waals surface area (Å²) in [5, 5.41) is 1.52. The van der Waals surface area contributed by atoms with Gasteiger partial charge >= 0.3 is 0 Å². The predicted molar refractivity (Wildman–Crippen MR) is 114 cm³/mol. The van der Waals surface area contributed by atoms with Gasteiger partial charge in [0.05, 0.1) is 23.4 Å². The summed E-state index contributed by atoms with van der Waals surface area (Å²) in [4.78, 5) is 22.1. The summed E-state index contributed by atoms with van der Waals surface area (Å²) >= 11 is 7.77. The zero-order valence-electron chi connectivity index (χ0n) is 15.4. The summed E-state index contributed by atoms with van der Waals surface area (Å²) in [5.74, 6) is 0.392. The highest BCUT2D eigenvalue weighted by Gasteiger charge is 2.32. The Morgan fingerprint density at radius 3 is 2.78 bits per heavy atom. The van der Waals surface area contributed by atoms with E-state index >= 15 is 0 Å². The van der Waals surface area contributed by atoms with E-state index in [4.69, 9.17) is 21.3 Å². The van der Waals surface area contributed by atoms with Crippen LogP contribution in [0.4, 0.5) is 5.13 Å². The van der Waals surface area contributed by atoms with Gasteiger partial charge in [-0.2, -0.15) is 0 Å². The number of fused-ring (bicyclic) bond motifs is 1. The van der Waals surface area contributed by atoms with E-state index in [2.05, 4.69) is 4.90 Å². The normalized spacial score (nSPS) is 18.1. The molecule has 0 bridgehead atoms. The van der Waals surface area contributed by atoms with Gasteiger partial charge < -0.3 is 4.74 Å². The molecule has 8 heteroatoms. The van der Waals surface area contributed by atoms with Crippen LogP contribution < -0.4 is 4.90 Å². The summed E-state index contributed by atoms with van der Waals surface area (Å²) in [6.07, 6.45) is 3.16. The number of ether oxygens (including phenoxy) is 1. The molecule has 0 N–H and O–H groups in total.